The molecular formula is C22H20FN3O2S. The summed E-state index contributed by atoms with van der Waals surface area (Å²) in [6, 6.07) is 14.0. The summed E-state index contributed by atoms with van der Waals surface area (Å²) in [5.74, 6) is 0.237. The largest absolute Gasteiger partial charge is 0.459 e. The minimum Gasteiger partial charge on any atom is -0.459 e. The molecule has 7 heteroatoms. The molecule has 2 aromatic heterocycles. The standard InChI is InChI=1S/C22H20FN3O2S/c1-13(19-11-15-10-16(23)6-7-18(15)28-19)24-21(27)14-8-9-26(12-14)22-25-17-4-2-3-5-20(17)29-22/h2-7,10-11,13-14H,8-9,12H2,1H3,(H,24,27)/t13-,14-/m1/s1. The normalized spacial score (nSPS) is 17.9. The van der Waals surface area contributed by atoms with E-state index in [2.05, 4.69) is 16.3 Å². The van der Waals surface area contributed by atoms with Gasteiger partial charge in [0.2, 0.25) is 5.91 Å². The van der Waals surface area contributed by atoms with Crippen molar-refractivity contribution in [2.45, 2.75) is 19.4 Å². The van der Waals surface area contributed by atoms with E-state index >= 15 is 0 Å². The number of furan rings is 1. The van der Waals surface area contributed by atoms with Crippen LogP contribution >= 0.6 is 11.3 Å². The third-order valence-electron chi connectivity index (χ3n) is 5.40. The van der Waals surface area contributed by atoms with Gasteiger partial charge in [0.25, 0.3) is 0 Å². The van der Waals surface area contributed by atoms with Gasteiger partial charge >= 0.3 is 0 Å². The molecule has 29 heavy (non-hydrogen) atoms. The van der Waals surface area contributed by atoms with Crippen LogP contribution in [0.3, 0.4) is 0 Å². The van der Waals surface area contributed by atoms with Crippen LogP contribution in [0.4, 0.5) is 9.52 Å². The molecule has 148 valence electrons. The van der Waals surface area contributed by atoms with E-state index in [4.69, 9.17) is 9.40 Å². The van der Waals surface area contributed by atoms with Crippen LogP contribution in [0.1, 0.15) is 25.1 Å². The van der Waals surface area contributed by atoms with Crippen molar-refractivity contribution in [1.82, 2.24) is 10.3 Å². The monoisotopic (exact) mass is 409 g/mol. The topological polar surface area (TPSA) is 58.4 Å². The van der Waals surface area contributed by atoms with Crippen LogP contribution in [0.5, 0.6) is 0 Å². The fraction of sp³-hybridized carbons (Fsp3) is 0.273. The van der Waals surface area contributed by atoms with Gasteiger partial charge in [-0.05, 0) is 49.7 Å². The van der Waals surface area contributed by atoms with Crippen LogP contribution in [0.15, 0.2) is 52.9 Å². The molecule has 1 aliphatic rings. The van der Waals surface area contributed by atoms with Crippen molar-refractivity contribution in [2.24, 2.45) is 5.92 Å². The van der Waals surface area contributed by atoms with Crippen molar-refractivity contribution < 1.29 is 13.6 Å². The van der Waals surface area contributed by atoms with Crippen LogP contribution in [-0.4, -0.2) is 24.0 Å². The number of amides is 1. The van der Waals surface area contributed by atoms with Crippen molar-refractivity contribution in [3.05, 3.63) is 60.1 Å². The minimum atomic E-state index is -0.303. The number of carbonyl (C=O) groups is 1. The van der Waals surface area contributed by atoms with Gasteiger partial charge in [-0.2, -0.15) is 0 Å². The first-order chi connectivity index (χ1) is 14.1. The molecule has 0 saturated carbocycles. The van der Waals surface area contributed by atoms with E-state index in [0.717, 1.165) is 28.3 Å². The van der Waals surface area contributed by atoms with E-state index in [1.165, 1.54) is 12.1 Å². The molecule has 5 rings (SSSR count). The molecule has 2 atom stereocenters. The quantitative estimate of drug-likeness (QED) is 0.522. The maximum atomic E-state index is 13.4. The van der Waals surface area contributed by atoms with Gasteiger partial charge < -0.3 is 14.6 Å². The van der Waals surface area contributed by atoms with Gasteiger partial charge in [-0.15, -0.1) is 0 Å². The highest BCUT2D eigenvalue weighted by atomic mass is 32.1. The van der Waals surface area contributed by atoms with Crippen LogP contribution in [-0.2, 0) is 4.79 Å². The first-order valence-electron chi connectivity index (χ1n) is 9.67. The summed E-state index contributed by atoms with van der Waals surface area (Å²) in [4.78, 5) is 19.7. The molecule has 1 fully saturated rings. The number of para-hydroxylation sites is 1. The number of fused-ring (bicyclic) bond motifs is 2. The smallest absolute Gasteiger partial charge is 0.225 e. The lowest BCUT2D eigenvalue weighted by molar-refractivity contribution is -0.125. The fourth-order valence-corrected chi connectivity index (χ4v) is 4.79. The molecule has 0 unspecified atom stereocenters. The predicted molar refractivity (Wildman–Crippen MR) is 113 cm³/mol. The van der Waals surface area contributed by atoms with Gasteiger partial charge in [-0.25, -0.2) is 9.37 Å². The van der Waals surface area contributed by atoms with Crippen LogP contribution < -0.4 is 10.2 Å². The molecule has 4 aromatic rings. The van der Waals surface area contributed by atoms with Crippen LogP contribution in [0.2, 0.25) is 0 Å². The Morgan fingerprint density at radius 3 is 3.03 bits per heavy atom. The van der Waals surface area contributed by atoms with Crippen LogP contribution in [0, 0.1) is 11.7 Å². The van der Waals surface area contributed by atoms with E-state index in [1.54, 1.807) is 23.5 Å². The average Bonchev–Trinajstić information content (AvgIpc) is 3.44. The van der Waals surface area contributed by atoms with Crippen molar-refractivity contribution in [1.29, 1.82) is 0 Å². The van der Waals surface area contributed by atoms with Crippen molar-refractivity contribution in [2.75, 3.05) is 18.0 Å². The molecule has 5 nitrogen and oxygen atoms in total. The first-order valence-corrected chi connectivity index (χ1v) is 10.5. The molecule has 3 heterocycles. The Bertz CT molecular complexity index is 1170. The third kappa shape index (κ3) is 3.46. The summed E-state index contributed by atoms with van der Waals surface area (Å²) in [7, 11) is 0. The Kier molecular flexibility index (Phi) is 4.47. The summed E-state index contributed by atoms with van der Waals surface area (Å²) in [5.41, 5.74) is 1.61. The van der Waals surface area contributed by atoms with Gasteiger partial charge in [-0.1, -0.05) is 23.5 Å². The predicted octanol–water partition coefficient (Wildman–Crippen LogP) is 4.89. The molecule has 1 saturated heterocycles. The van der Waals surface area contributed by atoms with Gasteiger partial charge in [0.05, 0.1) is 22.2 Å². The van der Waals surface area contributed by atoms with Crippen molar-refractivity contribution >= 4 is 43.6 Å². The summed E-state index contributed by atoms with van der Waals surface area (Å²) in [6.07, 6.45) is 0.791. The lowest BCUT2D eigenvalue weighted by Gasteiger charge is -2.17. The molecule has 0 radical (unpaired) electrons. The average molecular weight is 409 g/mol. The summed E-state index contributed by atoms with van der Waals surface area (Å²) < 4.78 is 20.3. The van der Waals surface area contributed by atoms with Crippen LogP contribution in [0.25, 0.3) is 21.2 Å². The van der Waals surface area contributed by atoms with E-state index < -0.39 is 0 Å². The Hall–Kier alpha value is -2.93. The Balaban J connectivity index is 1.25. The maximum absolute atomic E-state index is 13.4. The second kappa shape index (κ2) is 7.15. The number of halogens is 1. The minimum absolute atomic E-state index is 0.00717. The van der Waals surface area contributed by atoms with E-state index in [1.807, 2.05) is 25.1 Å². The van der Waals surface area contributed by atoms with E-state index in [-0.39, 0.29) is 23.7 Å². The van der Waals surface area contributed by atoms with Gasteiger partial charge in [0.15, 0.2) is 5.13 Å². The first kappa shape index (κ1) is 18.1. The number of hydrogen-bond donors (Lipinski definition) is 1. The highest BCUT2D eigenvalue weighted by Gasteiger charge is 2.31. The lowest BCUT2D eigenvalue weighted by Crippen LogP contribution is -2.34. The highest BCUT2D eigenvalue weighted by Crippen LogP contribution is 2.32. The maximum Gasteiger partial charge on any atom is 0.225 e. The number of carbonyl (C=O) groups excluding carboxylic acids is 1. The molecule has 1 N–H and O–H groups in total. The SMILES string of the molecule is C[C@@H](NC(=O)[C@@H]1CCN(c2nc3ccccc3s2)C1)c1cc2cc(F)ccc2o1. The molecule has 2 aromatic carbocycles. The number of benzene rings is 2. The van der Waals surface area contributed by atoms with Crippen molar-refractivity contribution in [3.8, 4) is 0 Å². The number of rotatable bonds is 4. The third-order valence-corrected chi connectivity index (χ3v) is 6.49. The van der Waals surface area contributed by atoms with Gasteiger partial charge in [-0.3, -0.25) is 4.79 Å². The number of nitrogens with one attached hydrogen (secondary N) is 1. The summed E-state index contributed by atoms with van der Waals surface area (Å²) >= 11 is 1.66. The summed E-state index contributed by atoms with van der Waals surface area (Å²) in [6.45, 7) is 3.35. The molecule has 1 amide bonds. The zero-order valence-electron chi connectivity index (χ0n) is 15.9. The second-order valence-electron chi connectivity index (χ2n) is 7.46. The molecule has 0 aliphatic carbocycles. The highest BCUT2D eigenvalue weighted by molar-refractivity contribution is 7.22. The molecular weight excluding hydrogens is 389 g/mol. The zero-order valence-corrected chi connectivity index (χ0v) is 16.7. The van der Waals surface area contributed by atoms with E-state index in [9.17, 15) is 9.18 Å². The fourth-order valence-electron chi connectivity index (χ4n) is 3.79. The van der Waals surface area contributed by atoms with Gasteiger partial charge in [0.1, 0.15) is 17.2 Å². The zero-order chi connectivity index (χ0) is 20.0. The van der Waals surface area contributed by atoms with Gasteiger partial charge in [0, 0.05) is 18.5 Å². The number of aromatic nitrogens is 1. The molecule has 0 bridgehead atoms. The number of nitrogens with zero attached hydrogens (tertiary/aromatic N) is 2. The number of anilines is 1. The van der Waals surface area contributed by atoms with E-state index in [0.29, 0.717) is 23.3 Å². The number of thiazole rings is 1. The lowest BCUT2D eigenvalue weighted by atomic mass is 10.1. The summed E-state index contributed by atoms with van der Waals surface area (Å²) in [5, 5.41) is 4.71. The van der Waals surface area contributed by atoms with Crippen molar-refractivity contribution in [3.63, 3.8) is 0 Å². The second-order valence-corrected chi connectivity index (χ2v) is 8.47. The number of hydrogen-bond acceptors (Lipinski definition) is 5. The Labute approximate surface area is 171 Å². The molecule has 0 spiro atoms. The Morgan fingerprint density at radius 1 is 1.31 bits per heavy atom. The Morgan fingerprint density at radius 2 is 2.17 bits per heavy atom. The molecule has 1 aliphatic heterocycles.